The Hall–Kier alpha value is -3.04. The summed E-state index contributed by atoms with van der Waals surface area (Å²) in [6.07, 6.45) is 1.45. The van der Waals surface area contributed by atoms with Crippen LogP contribution in [0, 0.1) is 10.1 Å². The molecule has 3 aromatic rings. The molecular formula is C19H18N4O4S. The van der Waals surface area contributed by atoms with Gasteiger partial charge in [0.1, 0.15) is 0 Å². The Kier molecular flexibility index (Phi) is 4.70. The summed E-state index contributed by atoms with van der Waals surface area (Å²) in [7, 11) is -3.58. The zero-order valence-corrected chi connectivity index (χ0v) is 15.7. The third kappa shape index (κ3) is 3.41. The van der Waals surface area contributed by atoms with Crippen molar-refractivity contribution in [2.45, 2.75) is 4.90 Å². The highest BCUT2D eigenvalue weighted by Gasteiger charge is 2.29. The van der Waals surface area contributed by atoms with E-state index < -0.39 is 14.9 Å². The molecule has 0 unspecified atom stereocenters. The Bertz CT molecular complexity index is 1120. The second-order valence-electron chi connectivity index (χ2n) is 6.53. The van der Waals surface area contributed by atoms with Gasteiger partial charge in [0.2, 0.25) is 10.0 Å². The van der Waals surface area contributed by atoms with Crippen molar-refractivity contribution in [1.29, 1.82) is 0 Å². The van der Waals surface area contributed by atoms with Crippen LogP contribution in [0.25, 0.3) is 10.8 Å². The van der Waals surface area contributed by atoms with E-state index in [-0.39, 0.29) is 10.7 Å². The van der Waals surface area contributed by atoms with Crippen LogP contribution in [0.4, 0.5) is 11.5 Å². The largest absolute Gasteiger partial charge is 0.366 e. The zero-order chi connectivity index (χ0) is 19.7. The van der Waals surface area contributed by atoms with Crippen molar-refractivity contribution in [2.24, 2.45) is 0 Å². The van der Waals surface area contributed by atoms with Gasteiger partial charge in [-0.05, 0) is 38.9 Å². The number of pyridine rings is 1. The predicted molar refractivity (Wildman–Crippen MR) is 106 cm³/mol. The van der Waals surface area contributed by atoms with E-state index in [0.29, 0.717) is 26.2 Å². The third-order valence-corrected chi connectivity index (χ3v) is 6.78. The van der Waals surface area contributed by atoms with E-state index in [2.05, 4.69) is 4.98 Å². The fraction of sp³-hybridized carbons (Fsp3) is 0.211. The highest BCUT2D eigenvalue weighted by atomic mass is 32.2. The molecule has 9 heteroatoms. The molecule has 0 amide bonds. The van der Waals surface area contributed by atoms with Gasteiger partial charge in [-0.3, -0.25) is 0 Å². The van der Waals surface area contributed by atoms with Gasteiger partial charge in [-0.15, -0.1) is 0 Å². The number of piperazine rings is 1. The van der Waals surface area contributed by atoms with Crippen molar-refractivity contribution in [3.8, 4) is 0 Å². The average Bonchev–Trinajstić information content (AvgIpc) is 2.73. The van der Waals surface area contributed by atoms with Gasteiger partial charge in [0.15, 0.2) is 6.20 Å². The first-order chi connectivity index (χ1) is 13.4. The maximum Gasteiger partial charge on any atom is 0.363 e. The van der Waals surface area contributed by atoms with Gasteiger partial charge >= 0.3 is 5.82 Å². The monoisotopic (exact) mass is 398 g/mol. The standard InChI is InChI=1S/C19H18N4O4S/c24-23(25)19-8-6-17(14-20-19)21-9-11-22(12-10-21)28(26,27)18-7-5-15-3-1-2-4-16(15)13-18/h1-8,13-14H,9-12H2. The van der Waals surface area contributed by atoms with Crippen LogP contribution < -0.4 is 4.90 Å². The number of aromatic nitrogens is 1. The second-order valence-corrected chi connectivity index (χ2v) is 8.47. The smallest absolute Gasteiger partial charge is 0.363 e. The van der Waals surface area contributed by atoms with E-state index in [1.54, 1.807) is 18.2 Å². The highest BCUT2D eigenvalue weighted by Crippen LogP contribution is 2.24. The van der Waals surface area contributed by atoms with Gasteiger partial charge in [-0.25, -0.2) is 8.42 Å². The molecule has 0 aliphatic carbocycles. The summed E-state index contributed by atoms with van der Waals surface area (Å²) in [5, 5.41) is 12.6. The molecule has 0 radical (unpaired) electrons. The number of nitrogens with zero attached hydrogens (tertiary/aromatic N) is 4. The van der Waals surface area contributed by atoms with Crippen molar-refractivity contribution < 1.29 is 13.3 Å². The number of hydrogen-bond acceptors (Lipinski definition) is 6. The molecule has 1 aromatic heterocycles. The van der Waals surface area contributed by atoms with Gasteiger partial charge in [-0.2, -0.15) is 4.31 Å². The van der Waals surface area contributed by atoms with Crippen LogP contribution in [0.3, 0.4) is 0 Å². The number of anilines is 1. The van der Waals surface area contributed by atoms with Crippen LogP contribution >= 0.6 is 0 Å². The molecule has 2 heterocycles. The van der Waals surface area contributed by atoms with Crippen LogP contribution in [0.2, 0.25) is 0 Å². The first-order valence-electron chi connectivity index (χ1n) is 8.79. The highest BCUT2D eigenvalue weighted by molar-refractivity contribution is 7.89. The number of rotatable bonds is 4. The maximum absolute atomic E-state index is 13.0. The molecule has 1 saturated heterocycles. The minimum Gasteiger partial charge on any atom is -0.366 e. The maximum atomic E-state index is 13.0. The molecule has 1 aliphatic heterocycles. The lowest BCUT2D eigenvalue weighted by molar-refractivity contribution is -0.389. The molecule has 1 fully saturated rings. The molecule has 0 spiro atoms. The molecule has 0 bridgehead atoms. The molecule has 1 aliphatic rings. The molecule has 0 saturated carbocycles. The summed E-state index contributed by atoms with van der Waals surface area (Å²) in [5.74, 6) is -0.207. The molecule has 2 aromatic carbocycles. The van der Waals surface area contributed by atoms with Crippen LogP contribution in [-0.4, -0.2) is 48.8 Å². The fourth-order valence-corrected chi connectivity index (χ4v) is 4.79. The van der Waals surface area contributed by atoms with Crippen LogP contribution in [0.15, 0.2) is 65.7 Å². The first-order valence-corrected chi connectivity index (χ1v) is 10.2. The zero-order valence-electron chi connectivity index (χ0n) is 14.9. The molecule has 0 N–H and O–H groups in total. The SMILES string of the molecule is O=[N+]([O-])c1ccc(N2CCN(S(=O)(=O)c3ccc4ccccc4c3)CC2)cn1. The average molecular weight is 398 g/mol. The molecule has 4 rings (SSSR count). The molecule has 8 nitrogen and oxygen atoms in total. The van der Waals surface area contributed by atoms with Gasteiger partial charge in [0.05, 0.1) is 10.6 Å². The lowest BCUT2D eigenvalue weighted by Crippen LogP contribution is -2.48. The number of sulfonamides is 1. The van der Waals surface area contributed by atoms with Crippen LogP contribution in [0.5, 0.6) is 0 Å². The summed E-state index contributed by atoms with van der Waals surface area (Å²) < 4.78 is 27.5. The Balaban J connectivity index is 1.49. The number of hydrogen-bond donors (Lipinski definition) is 0. The molecule has 144 valence electrons. The lowest BCUT2D eigenvalue weighted by Gasteiger charge is -2.34. The first kappa shape index (κ1) is 18.3. The van der Waals surface area contributed by atoms with Crippen molar-refractivity contribution in [3.63, 3.8) is 0 Å². The Labute approximate surface area is 162 Å². The van der Waals surface area contributed by atoms with Crippen molar-refractivity contribution >= 4 is 32.3 Å². The van der Waals surface area contributed by atoms with E-state index in [0.717, 1.165) is 16.5 Å². The van der Waals surface area contributed by atoms with E-state index >= 15 is 0 Å². The minimum atomic E-state index is -3.58. The Morgan fingerprint density at radius 3 is 2.29 bits per heavy atom. The summed E-state index contributed by atoms with van der Waals surface area (Å²) >= 11 is 0. The lowest BCUT2D eigenvalue weighted by atomic mass is 10.1. The number of fused-ring (bicyclic) bond motifs is 1. The van der Waals surface area contributed by atoms with Gasteiger partial charge in [0.25, 0.3) is 0 Å². The van der Waals surface area contributed by atoms with Gasteiger partial charge in [-0.1, -0.05) is 30.3 Å². The number of benzene rings is 2. The van der Waals surface area contributed by atoms with Crippen LogP contribution in [0.1, 0.15) is 0 Å². The normalized spacial score (nSPS) is 15.6. The summed E-state index contributed by atoms with van der Waals surface area (Å²) in [5.41, 5.74) is 0.744. The summed E-state index contributed by atoms with van der Waals surface area (Å²) in [6, 6.07) is 15.8. The molecular weight excluding hydrogens is 380 g/mol. The minimum absolute atomic E-state index is 0.207. The van der Waals surface area contributed by atoms with Crippen molar-refractivity contribution in [3.05, 3.63) is 70.9 Å². The van der Waals surface area contributed by atoms with Crippen molar-refractivity contribution in [1.82, 2.24) is 9.29 Å². The molecule has 28 heavy (non-hydrogen) atoms. The number of nitro groups is 1. The van der Waals surface area contributed by atoms with E-state index in [4.69, 9.17) is 0 Å². The van der Waals surface area contributed by atoms with E-state index in [1.807, 2.05) is 35.2 Å². The Morgan fingerprint density at radius 1 is 0.929 bits per heavy atom. The van der Waals surface area contributed by atoms with E-state index in [1.165, 1.54) is 16.6 Å². The van der Waals surface area contributed by atoms with Gasteiger partial charge < -0.3 is 15.0 Å². The fourth-order valence-electron chi connectivity index (χ4n) is 3.34. The van der Waals surface area contributed by atoms with Crippen LogP contribution in [-0.2, 0) is 10.0 Å². The van der Waals surface area contributed by atoms with Crippen molar-refractivity contribution in [2.75, 3.05) is 31.1 Å². The topological polar surface area (TPSA) is 96.6 Å². The summed E-state index contributed by atoms with van der Waals surface area (Å²) in [4.78, 5) is 16.3. The predicted octanol–water partition coefficient (Wildman–Crippen LogP) is 2.65. The van der Waals surface area contributed by atoms with E-state index in [9.17, 15) is 18.5 Å². The Morgan fingerprint density at radius 2 is 1.64 bits per heavy atom. The molecule has 0 atom stereocenters. The summed E-state index contributed by atoms with van der Waals surface area (Å²) in [6.45, 7) is 1.66. The van der Waals surface area contributed by atoms with Gasteiger partial charge in [0, 0.05) is 32.2 Å². The quantitative estimate of drug-likeness (QED) is 0.495. The second kappa shape index (κ2) is 7.17. The third-order valence-electron chi connectivity index (χ3n) is 4.88.